The standard InChI is InChI=1S/C16H20BrFN4O.HI/c1-10-13(11(2)23-22-10)9-21-16(19-3)20-7-6-12-4-5-15(18)14(17)8-12;/h4-5,8H,6-7,9H2,1-3H3,(H2,19,20,21);1H. The molecule has 0 unspecified atom stereocenters. The molecule has 0 fully saturated rings. The van der Waals surface area contributed by atoms with E-state index in [1.165, 1.54) is 6.07 Å². The summed E-state index contributed by atoms with van der Waals surface area (Å²) in [6, 6.07) is 5.03. The van der Waals surface area contributed by atoms with Gasteiger partial charge in [0.25, 0.3) is 0 Å². The highest BCUT2D eigenvalue weighted by Crippen LogP contribution is 2.17. The molecule has 1 aromatic carbocycles. The van der Waals surface area contributed by atoms with E-state index in [0.29, 0.717) is 23.5 Å². The van der Waals surface area contributed by atoms with Crippen molar-refractivity contribution in [3.8, 4) is 0 Å². The van der Waals surface area contributed by atoms with Crippen LogP contribution in [-0.4, -0.2) is 24.7 Å². The second kappa shape index (κ2) is 9.97. The number of nitrogens with zero attached hydrogens (tertiary/aromatic N) is 2. The van der Waals surface area contributed by atoms with Crippen LogP contribution in [-0.2, 0) is 13.0 Å². The highest BCUT2D eigenvalue weighted by Gasteiger charge is 2.09. The van der Waals surface area contributed by atoms with Gasteiger partial charge < -0.3 is 15.2 Å². The Labute approximate surface area is 166 Å². The number of nitrogens with one attached hydrogen (secondary N) is 2. The molecule has 8 heteroatoms. The number of rotatable bonds is 5. The summed E-state index contributed by atoms with van der Waals surface area (Å²) in [4.78, 5) is 4.18. The maximum Gasteiger partial charge on any atom is 0.191 e. The molecular formula is C16H21BrFIN4O. The predicted octanol–water partition coefficient (Wildman–Crippen LogP) is 3.72. The van der Waals surface area contributed by atoms with Crippen LogP contribution in [0.4, 0.5) is 4.39 Å². The van der Waals surface area contributed by atoms with Gasteiger partial charge in [-0.25, -0.2) is 4.39 Å². The lowest BCUT2D eigenvalue weighted by atomic mass is 10.1. The van der Waals surface area contributed by atoms with Crippen LogP contribution in [0.25, 0.3) is 0 Å². The first-order valence-corrected chi connectivity index (χ1v) is 8.10. The molecule has 0 atom stereocenters. The summed E-state index contributed by atoms with van der Waals surface area (Å²) in [5, 5.41) is 10.4. The van der Waals surface area contributed by atoms with Crippen molar-refractivity contribution in [1.29, 1.82) is 0 Å². The Morgan fingerprint density at radius 1 is 1.33 bits per heavy atom. The molecule has 132 valence electrons. The van der Waals surface area contributed by atoms with Crippen molar-refractivity contribution in [2.75, 3.05) is 13.6 Å². The molecule has 0 radical (unpaired) electrons. The van der Waals surface area contributed by atoms with Gasteiger partial charge in [0.2, 0.25) is 0 Å². The Balaban J connectivity index is 0.00000288. The number of hydrogen-bond donors (Lipinski definition) is 2. The van der Waals surface area contributed by atoms with E-state index >= 15 is 0 Å². The minimum atomic E-state index is -0.251. The molecule has 0 bridgehead atoms. The highest BCUT2D eigenvalue weighted by atomic mass is 127. The maximum atomic E-state index is 13.2. The Morgan fingerprint density at radius 3 is 2.67 bits per heavy atom. The molecule has 0 aliphatic rings. The van der Waals surface area contributed by atoms with Gasteiger partial charge in [-0.1, -0.05) is 11.2 Å². The largest absolute Gasteiger partial charge is 0.361 e. The van der Waals surface area contributed by atoms with Gasteiger partial charge >= 0.3 is 0 Å². The molecule has 1 heterocycles. The van der Waals surface area contributed by atoms with Crippen molar-refractivity contribution in [3.05, 3.63) is 51.1 Å². The first-order valence-electron chi connectivity index (χ1n) is 7.31. The SMILES string of the molecule is CN=C(NCCc1ccc(F)c(Br)c1)NCc1c(C)noc1C.I. The van der Waals surface area contributed by atoms with E-state index in [1.807, 2.05) is 13.8 Å². The van der Waals surface area contributed by atoms with Crippen LogP contribution in [0.15, 0.2) is 32.2 Å². The zero-order valence-corrected chi connectivity index (χ0v) is 17.7. The van der Waals surface area contributed by atoms with Gasteiger partial charge in [0.05, 0.1) is 10.2 Å². The van der Waals surface area contributed by atoms with Crippen LogP contribution in [0.3, 0.4) is 0 Å². The lowest BCUT2D eigenvalue weighted by Crippen LogP contribution is -2.38. The molecular weight excluding hydrogens is 490 g/mol. The average Bonchev–Trinajstić information content (AvgIpc) is 2.85. The van der Waals surface area contributed by atoms with Crippen molar-refractivity contribution in [2.24, 2.45) is 4.99 Å². The molecule has 0 spiro atoms. The fourth-order valence-electron chi connectivity index (χ4n) is 2.17. The second-order valence-electron chi connectivity index (χ2n) is 5.15. The summed E-state index contributed by atoms with van der Waals surface area (Å²) >= 11 is 3.19. The van der Waals surface area contributed by atoms with Gasteiger partial charge in [-0.15, -0.1) is 24.0 Å². The number of aromatic nitrogens is 1. The first-order chi connectivity index (χ1) is 11.0. The summed E-state index contributed by atoms with van der Waals surface area (Å²) < 4.78 is 18.8. The average molecular weight is 511 g/mol. The summed E-state index contributed by atoms with van der Waals surface area (Å²) in [6.45, 7) is 5.10. The van der Waals surface area contributed by atoms with Gasteiger partial charge in [-0.2, -0.15) is 0 Å². The molecule has 2 N–H and O–H groups in total. The van der Waals surface area contributed by atoms with E-state index < -0.39 is 0 Å². The smallest absolute Gasteiger partial charge is 0.191 e. The van der Waals surface area contributed by atoms with E-state index in [2.05, 4.69) is 36.7 Å². The van der Waals surface area contributed by atoms with Crippen LogP contribution in [0, 0.1) is 19.7 Å². The van der Waals surface area contributed by atoms with Crippen LogP contribution in [0.2, 0.25) is 0 Å². The predicted molar refractivity (Wildman–Crippen MR) is 107 cm³/mol. The number of halogens is 3. The number of aryl methyl sites for hydroxylation is 2. The van der Waals surface area contributed by atoms with Crippen LogP contribution >= 0.6 is 39.9 Å². The van der Waals surface area contributed by atoms with Gasteiger partial charge in [-0.05, 0) is 53.9 Å². The third-order valence-corrected chi connectivity index (χ3v) is 4.14. The van der Waals surface area contributed by atoms with E-state index in [1.54, 1.807) is 19.2 Å². The van der Waals surface area contributed by atoms with Gasteiger partial charge in [0.1, 0.15) is 11.6 Å². The molecule has 5 nitrogen and oxygen atoms in total. The van der Waals surface area contributed by atoms with Crippen molar-refractivity contribution in [2.45, 2.75) is 26.8 Å². The second-order valence-corrected chi connectivity index (χ2v) is 6.01. The lowest BCUT2D eigenvalue weighted by Gasteiger charge is -2.12. The molecule has 0 aliphatic heterocycles. The third kappa shape index (κ3) is 5.73. The van der Waals surface area contributed by atoms with Gasteiger partial charge in [-0.3, -0.25) is 4.99 Å². The number of hydrogen-bond acceptors (Lipinski definition) is 3. The van der Waals surface area contributed by atoms with Crippen molar-refractivity contribution in [1.82, 2.24) is 15.8 Å². The minimum absolute atomic E-state index is 0. The Morgan fingerprint density at radius 2 is 2.08 bits per heavy atom. The van der Waals surface area contributed by atoms with Crippen molar-refractivity contribution >= 4 is 45.9 Å². The number of aliphatic imine (C=N–C) groups is 1. The normalized spacial score (nSPS) is 11.1. The van der Waals surface area contributed by atoms with Gasteiger partial charge in [0, 0.05) is 25.7 Å². The summed E-state index contributed by atoms with van der Waals surface area (Å²) in [5.41, 5.74) is 2.96. The Bertz CT molecular complexity index is 686. The van der Waals surface area contributed by atoms with Crippen molar-refractivity contribution in [3.63, 3.8) is 0 Å². The molecule has 0 amide bonds. The molecule has 0 saturated heterocycles. The minimum Gasteiger partial charge on any atom is -0.361 e. The zero-order chi connectivity index (χ0) is 16.8. The maximum absolute atomic E-state index is 13.2. The lowest BCUT2D eigenvalue weighted by molar-refractivity contribution is 0.392. The zero-order valence-electron chi connectivity index (χ0n) is 13.8. The molecule has 24 heavy (non-hydrogen) atoms. The van der Waals surface area contributed by atoms with Crippen LogP contribution in [0.5, 0.6) is 0 Å². The third-order valence-electron chi connectivity index (χ3n) is 3.53. The monoisotopic (exact) mass is 510 g/mol. The van der Waals surface area contributed by atoms with E-state index in [4.69, 9.17) is 4.52 Å². The highest BCUT2D eigenvalue weighted by molar-refractivity contribution is 14.0. The quantitative estimate of drug-likeness (QED) is 0.365. The van der Waals surface area contributed by atoms with Crippen LogP contribution in [0.1, 0.15) is 22.6 Å². The summed E-state index contributed by atoms with van der Waals surface area (Å²) in [5.74, 6) is 1.26. The fraction of sp³-hybridized carbons (Fsp3) is 0.375. The number of benzene rings is 1. The summed E-state index contributed by atoms with van der Waals surface area (Å²) in [6.07, 6.45) is 0.769. The Kier molecular flexibility index (Phi) is 8.68. The molecule has 0 aliphatic carbocycles. The molecule has 2 aromatic rings. The van der Waals surface area contributed by atoms with E-state index in [0.717, 1.165) is 29.0 Å². The first kappa shape index (κ1) is 20.9. The van der Waals surface area contributed by atoms with Gasteiger partial charge in [0.15, 0.2) is 5.96 Å². The number of guanidine groups is 1. The summed E-state index contributed by atoms with van der Waals surface area (Å²) in [7, 11) is 1.72. The molecule has 2 rings (SSSR count). The Hall–Kier alpha value is -1.16. The molecule has 0 saturated carbocycles. The van der Waals surface area contributed by atoms with E-state index in [9.17, 15) is 4.39 Å². The fourth-order valence-corrected chi connectivity index (χ4v) is 2.59. The van der Waals surface area contributed by atoms with E-state index in [-0.39, 0.29) is 29.8 Å². The van der Waals surface area contributed by atoms with Crippen LogP contribution < -0.4 is 10.6 Å². The topological polar surface area (TPSA) is 62.5 Å². The molecule has 1 aromatic heterocycles. The van der Waals surface area contributed by atoms with Crippen molar-refractivity contribution < 1.29 is 8.91 Å².